The standard InChI is InChI=1S/C29H28N4O3/c1-2-20-11-13-21(14-12-20)30-29(35)32(22-15-16-22)19-27(34)33-24-8-4-3-7-23(24)31-17-5-9-25(31)28(33)26-10-6-18-36-26/h3-14,17-18,22,28H,2,15-16,19H2,1H3,(H,30,35). The number of amides is 3. The second-order valence-corrected chi connectivity index (χ2v) is 9.31. The monoisotopic (exact) mass is 480 g/mol. The van der Waals surface area contributed by atoms with E-state index in [1.165, 1.54) is 5.56 Å². The molecule has 0 radical (unpaired) electrons. The number of carbonyl (C=O) groups excluding carboxylic acids is 2. The van der Waals surface area contributed by atoms with Gasteiger partial charge in [-0.15, -0.1) is 0 Å². The summed E-state index contributed by atoms with van der Waals surface area (Å²) in [7, 11) is 0. The Balaban J connectivity index is 1.31. The van der Waals surface area contributed by atoms with Gasteiger partial charge in [0.15, 0.2) is 0 Å². The van der Waals surface area contributed by atoms with Crippen LogP contribution in [-0.2, 0) is 11.2 Å². The molecule has 0 bridgehead atoms. The lowest BCUT2D eigenvalue weighted by Gasteiger charge is -2.38. The van der Waals surface area contributed by atoms with Crippen LogP contribution in [0.15, 0.2) is 89.7 Å². The Hall–Kier alpha value is -4.26. The lowest BCUT2D eigenvalue weighted by atomic mass is 10.0. The topological polar surface area (TPSA) is 70.7 Å². The normalized spacial score (nSPS) is 16.2. The molecule has 3 heterocycles. The number of para-hydroxylation sites is 2. The van der Waals surface area contributed by atoms with Gasteiger partial charge < -0.3 is 19.2 Å². The molecule has 36 heavy (non-hydrogen) atoms. The molecule has 7 nitrogen and oxygen atoms in total. The number of rotatable bonds is 6. The number of anilines is 2. The van der Waals surface area contributed by atoms with Crippen LogP contribution in [0.1, 0.15) is 42.8 Å². The highest BCUT2D eigenvalue weighted by molar-refractivity contribution is 6.01. The lowest BCUT2D eigenvalue weighted by molar-refractivity contribution is -0.119. The third kappa shape index (κ3) is 3.96. The summed E-state index contributed by atoms with van der Waals surface area (Å²) in [6, 6.07) is 22.8. The summed E-state index contributed by atoms with van der Waals surface area (Å²) in [5.74, 6) is 0.524. The van der Waals surface area contributed by atoms with Crippen LogP contribution in [0.25, 0.3) is 5.69 Å². The van der Waals surface area contributed by atoms with Crippen molar-refractivity contribution in [2.75, 3.05) is 16.8 Å². The Kier molecular flexibility index (Phi) is 5.60. The molecule has 4 aromatic rings. The van der Waals surface area contributed by atoms with E-state index in [0.717, 1.165) is 42.0 Å². The van der Waals surface area contributed by atoms with Crippen LogP contribution in [0.2, 0.25) is 0 Å². The van der Waals surface area contributed by atoms with Crippen LogP contribution in [0.5, 0.6) is 0 Å². The molecule has 3 amide bonds. The van der Waals surface area contributed by atoms with Gasteiger partial charge in [-0.1, -0.05) is 31.2 Å². The molecule has 1 fully saturated rings. The molecule has 1 unspecified atom stereocenters. The minimum atomic E-state index is -0.428. The fraction of sp³-hybridized carbons (Fsp3) is 0.241. The van der Waals surface area contributed by atoms with Crippen LogP contribution >= 0.6 is 0 Å². The van der Waals surface area contributed by atoms with Crippen LogP contribution in [0.4, 0.5) is 16.2 Å². The SMILES string of the molecule is CCc1ccc(NC(=O)N(CC(=O)N2c3ccccc3-n3cccc3C2c2ccco2)C2CC2)cc1. The van der Waals surface area contributed by atoms with Crippen molar-refractivity contribution in [1.82, 2.24) is 9.47 Å². The summed E-state index contributed by atoms with van der Waals surface area (Å²) >= 11 is 0. The van der Waals surface area contributed by atoms with Gasteiger partial charge in [0.2, 0.25) is 5.91 Å². The fourth-order valence-electron chi connectivity index (χ4n) is 4.97. The Labute approximate surface area is 209 Å². The van der Waals surface area contributed by atoms with E-state index in [2.05, 4.69) is 16.8 Å². The first-order valence-electron chi connectivity index (χ1n) is 12.4. The highest BCUT2D eigenvalue weighted by atomic mass is 16.3. The number of furan rings is 1. The number of urea groups is 1. The van der Waals surface area contributed by atoms with Crippen molar-refractivity contribution in [2.24, 2.45) is 0 Å². The maximum Gasteiger partial charge on any atom is 0.322 e. The van der Waals surface area contributed by atoms with Crippen LogP contribution in [-0.4, -0.2) is 34.0 Å². The maximum atomic E-state index is 14.0. The van der Waals surface area contributed by atoms with Gasteiger partial charge in [-0.25, -0.2) is 4.79 Å². The molecule has 1 N–H and O–H groups in total. The summed E-state index contributed by atoms with van der Waals surface area (Å²) in [4.78, 5) is 30.8. The van der Waals surface area contributed by atoms with Gasteiger partial charge in [-0.2, -0.15) is 0 Å². The van der Waals surface area contributed by atoms with Gasteiger partial charge >= 0.3 is 6.03 Å². The van der Waals surface area contributed by atoms with E-state index in [-0.39, 0.29) is 24.5 Å². The highest BCUT2D eigenvalue weighted by Crippen LogP contribution is 2.42. The molecule has 6 rings (SSSR count). The Morgan fingerprint density at radius 1 is 0.972 bits per heavy atom. The maximum absolute atomic E-state index is 14.0. The van der Waals surface area contributed by atoms with Crippen LogP contribution < -0.4 is 10.2 Å². The minimum absolute atomic E-state index is 0.0181. The molecule has 182 valence electrons. The summed E-state index contributed by atoms with van der Waals surface area (Å²) in [6.07, 6.45) is 6.36. The van der Waals surface area contributed by atoms with E-state index in [1.807, 2.05) is 79.0 Å². The highest BCUT2D eigenvalue weighted by Gasteiger charge is 2.40. The van der Waals surface area contributed by atoms with E-state index < -0.39 is 6.04 Å². The molecule has 2 aromatic carbocycles. The van der Waals surface area contributed by atoms with Crippen molar-refractivity contribution >= 4 is 23.3 Å². The van der Waals surface area contributed by atoms with Gasteiger partial charge in [-0.3, -0.25) is 9.69 Å². The molecular formula is C29H28N4O3. The molecule has 2 aliphatic rings. The number of aryl methyl sites for hydroxylation is 1. The molecule has 2 aromatic heterocycles. The molecular weight excluding hydrogens is 452 g/mol. The second-order valence-electron chi connectivity index (χ2n) is 9.31. The number of nitrogens with zero attached hydrogens (tertiary/aromatic N) is 3. The first-order valence-corrected chi connectivity index (χ1v) is 12.4. The number of aromatic nitrogens is 1. The molecule has 0 saturated heterocycles. The zero-order chi connectivity index (χ0) is 24.6. The fourth-order valence-corrected chi connectivity index (χ4v) is 4.97. The largest absolute Gasteiger partial charge is 0.467 e. The number of carbonyl (C=O) groups is 2. The second kappa shape index (κ2) is 9.07. The molecule has 1 saturated carbocycles. The summed E-state index contributed by atoms with van der Waals surface area (Å²) in [5.41, 5.74) is 4.59. The first-order chi connectivity index (χ1) is 17.6. The predicted molar refractivity (Wildman–Crippen MR) is 138 cm³/mol. The zero-order valence-electron chi connectivity index (χ0n) is 20.1. The third-order valence-corrected chi connectivity index (χ3v) is 6.97. The number of hydrogen-bond donors (Lipinski definition) is 1. The Morgan fingerprint density at radius 3 is 2.44 bits per heavy atom. The third-order valence-electron chi connectivity index (χ3n) is 6.97. The van der Waals surface area contributed by atoms with Gasteiger partial charge in [0.1, 0.15) is 18.3 Å². The van der Waals surface area contributed by atoms with Crippen molar-refractivity contribution < 1.29 is 14.0 Å². The van der Waals surface area contributed by atoms with Crippen molar-refractivity contribution in [2.45, 2.75) is 38.3 Å². The Morgan fingerprint density at radius 2 is 1.75 bits per heavy atom. The van der Waals surface area contributed by atoms with E-state index in [9.17, 15) is 9.59 Å². The average molecular weight is 481 g/mol. The van der Waals surface area contributed by atoms with E-state index in [4.69, 9.17) is 4.42 Å². The predicted octanol–water partition coefficient (Wildman–Crippen LogP) is 5.77. The first kappa shape index (κ1) is 22.2. The Bertz CT molecular complexity index is 1390. The number of benzene rings is 2. The van der Waals surface area contributed by atoms with Crippen molar-refractivity contribution in [1.29, 1.82) is 0 Å². The van der Waals surface area contributed by atoms with E-state index in [1.54, 1.807) is 16.1 Å². The smallest absolute Gasteiger partial charge is 0.322 e. The molecule has 1 atom stereocenters. The molecule has 7 heteroatoms. The van der Waals surface area contributed by atoms with E-state index >= 15 is 0 Å². The molecule has 1 aliphatic heterocycles. The summed E-state index contributed by atoms with van der Waals surface area (Å²) < 4.78 is 7.90. The number of hydrogen-bond acceptors (Lipinski definition) is 3. The molecule has 1 aliphatic carbocycles. The van der Waals surface area contributed by atoms with Gasteiger partial charge in [-0.05, 0) is 73.4 Å². The van der Waals surface area contributed by atoms with E-state index in [0.29, 0.717) is 5.76 Å². The van der Waals surface area contributed by atoms with Crippen molar-refractivity contribution in [3.63, 3.8) is 0 Å². The van der Waals surface area contributed by atoms with Crippen molar-refractivity contribution in [3.8, 4) is 5.69 Å². The molecule has 0 spiro atoms. The minimum Gasteiger partial charge on any atom is -0.467 e. The average Bonchev–Trinajstić information content (AvgIpc) is 3.37. The van der Waals surface area contributed by atoms with Gasteiger partial charge in [0, 0.05) is 17.9 Å². The van der Waals surface area contributed by atoms with Crippen LogP contribution in [0, 0.1) is 0 Å². The number of fused-ring (bicyclic) bond motifs is 3. The summed E-state index contributed by atoms with van der Waals surface area (Å²) in [6.45, 7) is 2.08. The number of nitrogens with one attached hydrogen (secondary N) is 1. The zero-order valence-corrected chi connectivity index (χ0v) is 20.1. The van der Waals surface area contributed by atoms with Crippen molar-refractivity contribution in [3.05, 3.63) is 102 Å². The quantitative estimate of drug-likeness (QED) is 0.381. The van der Waals surface area contributed by atoms with Gasteiger partial charge in [0.25, 0.3) is 0 Å². The van der Waals surface area contributed by atoms with Gasteiger partial charge in [0.05, 0.1) is 23.3 Å². The van der Waals surface area contributed by atoms with Crippen LogP contribution in [0.3, 0.4) is 0 Å². The summed E-state index contributed by atoms with van der Waals surface area (Å²) in [5, 5.41) is 2.99. The lowest BCUT2D eigenvalue weighted by Crippen LogP contribution is -2.48.